The van der Waals surface area contributed by atoms with Crippen LogP contribution in [0.3, 0.4) is 0 Å². The number of benzene rings is 3. The van der Waals surface area contributed by atoms with Gasteiger partial charge in [0.1, 0.15) is 25.0 Å². The van der Waals surface area contributed by atoms with Crippen LogP contribution in [0.4, 0.5) is 0 Å². The Labute approximate surface area is 243 Å². The fourth-order valence-corrected chi connectivity index (χ4v) is 4.60. The molecule has 0 aliphatic carbocycles. The number of hydrogen-bond acceptors (Lipinski definition) is 3. The molecule has 1 unspecified atom stereocenters. The van der Waals surface area contributed by atoms with E-state index >= 15 is 0 Å². The molecular formula is C29H28Cl4N2O3. The Hall–Kier alpha value is -2.54. The molecular weight excluding hydrogens is 566 g/mol. The van der Waals surface area contributed by atoms with Crippen molar-refractivity contribution in [1.29, 1.82) is 0 Å². The van der Waals surface area contributed by atoms with E-state index in [1.165, 1.54) is 12.5 Å². The van der Waals surface area contributed by atoms with Gasteiger partial charge in [-0.05, 0) is 41.8 Å². The van der Waals surface area contributed by atoms with Gasteiger partial charge in [0.15, 0.2) is 0 Å². The number of nitrogens with zero attached hydrogens (tertiary/aromatic N) is 2. The van der Waals surface area contributed by atoms with Crippen LogP contribution in [0.25, 0.3) is 0 Å². The van der Waals surface area contributed by atoms with Crippen molar-refractivity contribution in [2.75, 3.05) is 0 Å². The molecule has 5 nitrogen and oxygen atoms in total. The molecule has 0 fully saturated rings. The van der Waals surface area contributed by atoms with Crippen molar-refractivity contribution in [3.8, 4) is 0 Å². The second kappa shape index (κ2) is 15.2. The molecule has 1 atom stereocenters. The molecule has 0 N–H and O–H groups in total. The van der Waals surface area contributed by atoms with Crippen molar-refractivity contribution >= 4 is 52.4 Å². The van der Waals surface area contributed by atoms with E-state index in [1.807, 2.05) is 30.5 Å². The van der Waals surface area contributed by atoms with Gasteiger partial charge < -0.3 is 14.6 Å². The van der Waals surface area contributed by atoms with Gasteiger partial charge in [-0.1, -0.05) is 95.8 Å². The Morgan fingerprint density at radius 2 is 1.63 bits per heavy atom. The van der Waals surface area contributed by atoms with E-state index in [9.17, 15) is 9.90 Å². The highest BCUT2D eigenvalue weighted by Gasteiger charge is 2.20. The predicted octanol–water partition coefficient (Wildman–Crippen LogP) is 6.74. The van der Waals surface area contributed by atoms with Crippen LogP contribution in [-0.2, 0) is 35.6 Å². The third-order valence-corrected chi connectivity index (χ3v) is 6.83. The number of carbonyl (C=O) groups excluding carboxylic acids is 1. The first-order chi connectivity index (χ1) is 18.2. The van der Waals surface area contributed by atoms with Crippen molar-refractivity contribution < 1.29 is 19.2 Å². The van der Waals surface area contributed by atoms with Gasteiger partial charge >= 0.3 is 0 Å². The summed E-state index contributed by atoms with van der Waals surface area (Å²) >= 11 is 25.0. The molecule has 0 saturated carbocycles. The van der Waals surface area contributed by atoms with E-state index in [0.717, 1.165) is 24.1 Å². The summed E-state index contributed by atoms with van der Waals surface area (Å²) in [6.45, 7) is 3.35. The number of carboxylic acids is 1. The summed E-state index contributed by atoms with van der Waals surface area (Å²) in [4.78, 5) is 9.26. The minimum atomic E-state index is -0.995. The average molecular weight is 594 g/mol. The number of halogens is 4. The highest BCUT2D eigenvalue weighted by Crippen LogP contribution is 2.30. The first kappa shape index (κ1) is 30.0. The van der Waals surface area contributed by atoms with Crippen LogP contribution < -0.4 is 9.67 Å². The third-order valence-electron chi connectivity index (χ3n) is 5.68. The number of rotatable bonds is 10. The van der Waals surface area contributed by atoms with Gasteiger partial charge in [0, 0.05) is 38.0 Å². The lowest BCUT2D eigenvalue weighted by atomic mass is 10.1. The van der Waals surface area contributed by atoms with Gasteiger partial charge in [-0.15, -0.1) is 0 Å². The molecule has 0 radical (unpaired) electrons. The molecule has 9 heteroatoms. The normalized spacial score (nSPS) is 11.5. The lowest BCUT2D eigenvalue weighted by Crippen LogP contribution is -2.35. The van der Waals surface area contributed by atoms with Crippen LogP contribution in [0.5, 0.6) is 0 Å². The summed E-state index contributed by atoms with van der Waals surface area (Å²) in [5, 5.41) is 11.6. The molecule has 4 rings (SSSR count). The molecule has 0 bridgehead atoms. The van der Waals surface area contributed by atoms with Gasteiger partial charge in [0.05, 0.1) is 13.2 Å². The van der Waals surface area contributed by atoms with Gasteiger partial charge in [0.2, 0.25) is 6.33 Å². The van der Waals surface area contributed by atoms with Crippen LogP contribution in [-0.4, -0.2) is 10.5 Å². The van der Waals surface area contributed by atoms with Crippen LogP contribution in [0.1, 0.15) is 36.1 Å². The first-order valence-electron chi connectivity index (χ1n) is 12.0. The third kappa shape index (κ3) is 9.64. The molecule has 0 spiro atoms. The van der Waals surface area contributed by atoms with Crippen molar-refractivity contribution in [3.05, 3.63) is 122 Å². The van der Waals surface area contributed by atoms with E-state index < -0.39 is 5.97 Å². The maximum Gasteiger partial charge on any atom is 0.243 e. The fraction of sp³-hybridized carbons (Fsp3) is 0.241. The summed E-state index contributed by atoms with van der Waals surface area (Å²) in [6.07, 6.45) is 6.97. The molecule has 38 heavy (non-hydrogen) atoms. The minimum absolute atomic E-state index is 0.111. The Kier molecular flexibility index (Phi) is 12.0. The summed E-state index contributed by atoms with van der Waals surface area (Å²) < 4.78 is 10.6. The second-order valence-corrected chi connectivity index (χ2v) is 10.2. The van der Waals surface area contributed by atoms with Gasteiger partial charge in [0.25, 0.3) is 0 Å². The van der Waals surface area contributed by atoms with E-state index in [-0.39, 0.29) is 12.5 Å². The highest BCUT2D eigenvalue weighted by atomic mass is 35.5. The monoisotopic (exact) mass is 592 g/mol. The first-order valence-corrected chi connectivity index (χ1v) is 13.6. The van der Waals surface area contributed by atoms with E-state index in [1.54, 1.807) is 18.2 Å². The molecule has 200 valence electrons. The average Bonchev–Trinajstić information content (AvgIpc) is 3.34. The molecule has 3 aromatic carbocycles. The topological polar surface area (TPSA) is 58.2 Å². The van der Waals surface area contributed by atoms with Crippen LogP contribution in [0, 0.1) is 0 Å². The second-order valence-electron chi connectivity index (χ2n) is 8.51. The summed E-state index contributed by atoms with van der Waals surface area (Å²) in [5.41, 5.74) is 3.05. The van der Waals surface area contributed by atoms with Crippen molar-refractivity contribution in [3.63, 3.8) is 0 Å². The molecule has 0 saturated heterocycles. The number of aromatic nitrogens is 2. The fourth-order valence-electron chi connectivity index (χ4n) is 3.61. The maximum absolute atomic E-state index is 9.26. The Morgan fingerprint density at radius 1 is 0.974 bits per heavy atom. The Morgan fingerprint density at radius 3 is 2.26 bits per heavy atom. The smallest absolute Gasteiger partial charge is 0.243 e. The molecule has 0 aliphatic rings. The lowest BCUT2D eigenvalue weighted by Gasteiger charge is -2.19. The molecule has 1 aromatic heterocycles. The largest absolute Gasteiger partial charge is 0.550 e. The number of carboxylic acid groups (broad SMARTS) is 1. The predicted molar refractivity (Wildman–Crippen MR) is 151 cm³/mol. The summed E-state index contributed by atoms with van der Waals surface area (Å²) in [6, 6.07) is 21.3. The number of aryl methyl sites for hydroxylation is 2. The van der Waals surface area contributed by atoms with Crippen molar-refractivity contribution in [2.45, 2.75) is 45.6 Å². The standard InChI is InChI=1S/C26H23Cl4N2O.C3H6O2/c27-21-7-6-20(24(29)14-21)17-33-26(23-9-8-22(28)15-25(23)30)16-32-13-12-31(18-32)11-10-19-4-2-1-3-5-19;1-2-3(4)5/h1-9,12-15,18,26H,10-11,16-17H2;2H2,1H3,(H,4,5)/q+1;/p-1. The molecule has 1 heterocycles. The summed E-state index contributed by atoms with van der Waals surface area (Å²) in [7, 11) is 0. The van der Waals surface area contributed by atoms with Gasteiger partial charge in [-0.25, -0.2) is 9.13 Å². The zero-order valence-electron chi connectivity index (χ0n) is 20.8. The van der Waals surface area contributed by atoms with Crippen LogP contribution in [0.2, 0.25) is 20.1 Å². The quantitative estimate of drug-likeness (QED) is 0.191. The van der Waals surface area contributed by atoms with E-state index in [4.69, 9.17) is 51.1 Å². The SMILES string of the molecule is CCC(=O)[O-].Clc1ccc(COC(C[n+]2ccn(CCc3ccccc3)c2)c2ccc(Cl)cc2Cl)c(Cl)c1. The number of ether oxygens (including phenoxy) is 1. The van der Waals surface area contributed by atoms with Gasteiger partial charge in [-0.2, -0.15) is 0 Å². The minimum Gasteiger partial charge on any atom is -0.550 e. The van der Waals surface area contributed by atoms with Crippen molar-refractivity contribution in [2.24, 2.45) is 0 Å². The van der Waals surface area contributed by atoms with Crippen LogP contribution in [0.15, 0.2) is 85.5 Å². The zero-order chi connectivity index (χ0) is 27.5. The Balaban J connectivity index is 0.000000732. The molecule has 4 aromatic rings. The maximum atomic E-state index is 9.26. The highest BCUT2D eigenvalue weighted by molar-refractivity contribution is 6.35. The number of aliphatic carboxylic acids is 1. The van der Waals surface area contributed by atoms with E-state index in [0.29, 0.717) is 33.2 Å². The van der Waals surface area contributed by atoms with Crippen molar-refractivity contribution in [1.82, 2.24) is 4.57 Å². The molecule has 0 amide bonds. The number of hydrogen-bond donors (Lipinski definition) is 0. The lowest BCUT2D eigenvalue weighted by molar-refractivity contribution is -0.704. The summed E-state index contributed by atoms with van der Waals surface area (Å²) in [5.74, 6) is -0.995. The molecule has 0 aliphatic heterocycles. The van der Waals surface area contributed by atoms with Gasteiger partial charge in [-0.3, -0.25) is 0 Å². The van der Waals surface area contributed by atoms with Crippen LogP contribution >= 0.6 is 46.4 Å². The number of carbonyl (C=O) groups is 1. The van der Waals surface area contributed by atoms with E-state index in [2.05, 4.69) is 45.9 Å². The zero-order valence-corrected chi connectivity index (χ0v) is 23.9. The number of imidazole rings is 1. The Bertz CT molecular complexity index is 1330.